The molecule has 3 rings (SSSR count). The van der Waals surface area contributed by atoms with Gasteiger partial charge in [0, 0.05) is 7.05 Å². The number of hydroxylamine groups is 2. The third-order valence-electron chi connectivity index (χ3n) is 3.91. The van der Waals surface area contributed by atoms with Crippen molar-refractivity contribution in [2.45, 2.75) is 25.2 Å². The van der Waals surface area contributed by atoms with E-state index in [4.69, 9.17) is 4.84 Å². The van der Waals surface area contributed by atoms with Gasteiger partial charge in [-0.25, -0.2) is 0 Å². The lowest BCUT2D eigenvalue weighted by Crippen LogP contribution is -2.35. The molecule has 0 amide bonds. The van der Waals surface area contributed by atoms with Crippen LogP contribution in [0, 0.1) is 0 Å². The summed E-state index contributed by atoms with van der Waals surface area (Å²) in [4.78, 5) is 5.79. The second-order valence-corrected chi connectivity index (χ2v) is 5.22. The Kier molecular flexibility index (Phi) is 3.83. The Bertz CT molecular complexity index is 570. The van der Waals surface area contributed by atoms with Gasteiger partial charge in [-0.15, -0.1) is 0 Å². The minimum absolute atomic E-state index is 0.0175. The fourth-order valence-corrected chi connectivity index (χ4v) is 2.73. The maximum absolute atomic E-state index is 10.4. The molecule has 0 heterocycles. The Balaban J connectivity index is 1.63. The quantitative estimate of drug-likeness (QED) is 0.866. The van der Waals surface area contributed by atoms with Crippen LogP contribution in [0.4, 0.5) is 0 Å². The smallest absolute Gasteiger partial charge is 0.0974 e. The number of fused-ring (bicyclic) bond motifs is 1. The largest absolute Gasteiger partial charge is 0.387 e. The fourth-order valence-electron chi connectivity index (χ4n) is 2.73. The van der Waals surface area contributed by atoms with E-state index in [9.17, 15) is 5.11 Å². The molecule has 0 radical (unpaired) electrons. The van der Waals surface area contributed by atoms with E-state index < -0.39 is 6.10 Å². The number of benzene rings is 2. The summed E-state index contributed by atoms with van der Waals surface area (Å²) in [6.45, 7) is 0.525. The molecule has 2 aromatic carbocycles. The van der Waals surface area contributed by atoms with Crippen LogP contribution >= 0.6 is 0 Å². The van der Waals surface area contributed by atoms with Crippen LogP contribution in [-0.4, -0.2) is 23.3 Å². The minimum atomic E-state index is -0.480. The number of likely N-dealkylation sites (N-methyl/N-ethyl adjacent to an activating group) is 1. The normalized spacial score (nSPS) is 21.1. The molecule has 2 unspecified atom stereocenters. The van der Waals surface area contributed by atoms with Gasteiger partial charge < -0.3 is 5.11 Å². The number of rotatable bonds is 4. The van der Waals surface area contributed by atoms with Crippen LogP contribution in [0.1, 0.15) is 22.8 Å². The van der Waals surface area contributed by atoms with Crippen molar-refractivity contribution in [1.82, 2.24) is 5.06 Å². The summed E-state index contributed by atoms with van der Waals surface area (Å²) in [5.74, 6) is 0. The molecule has 2 aromatic rings. The molecule has 3 heteroatoms. The van der Waals surface area contributed by atoms with Crippen molar-refractivity contribution in [3.8, 4) is 0 Å². The van der Waals surface area contributed by atoms with Crippen LogP contribution in [0.25, 0.3) is 0 Å². The lowest BCUT2D eigenvalue weighted by atomic mass is 10.1. The zero-order chi connectivity index (χ0) is 13.9. The molecule has 0 saturated heterocycles. The topological polar surface area (TPSA) is 32.7 Å². The number of aliphatic hydroxyl groups excluding tert-OH is 1. The second-order valence-electron chi connectivity index (χ2n) is 5.22. The van der Waals surface area contributed by atoms with Crippen molar-refractivity contribution in [3.63, 3.8) is 0 Å². The standard InChI is InChI=1S/C17H19NO2/c1-18(20-12-13-7-3-2-4-8-13)16-11-14-9-5-6-10-15(14)17(16)19/h2-10,16-17,19H,11-12H2,1H3. The lowest BCUT2D eigenvalue weighted by molar-refractivity contribution is -0.194. The SMILES string of the molecule is CN(OCc1ccccc1)C1Cc2ccccc2C1O. The predicted molar refractivity (Wildman–Crippen MR) is 77.9 cm³/mol. The van der Waals surface area contributed by atoms with Gasteiger partial charge in [-0.05, 0) is 23.1 Å². The summed E-state index contributed by atoms with van der Waals surface area (Å²) in [7, 11) is 1.89. The molecule has 1 aliphatic rings. The highest BCUT2D eigenvalue weighted by molar-refractivity contribution is 5.35. The van der Waals surface area contributed by atoms with Gasteiger partial charge in [0.25, 0.3) is 0 Å². The third-order valence-corrected chi connectivity index (χ3v) is 3.91. The average molecular weight is 269 g/mol. The van der Waals surface area contributed by atoms with Gasteiger partial charge in [0.15, 0.2) is 0 Å². The maximum Gasteiger partial charge on any atom is 0.0974 e. The summed E-state index contributed by atoms with van der Waals surface area (Å²) in [5.41, 5.74) is 3.36. The first-order valence-corrected chi connectivity index (χ1v) is 6.91. The van der Waals surface area contributed by atoms with E-state index in [1.807, 2.05) is 55.6 Å². The van der Waals surface area contributed by atoms with Crippen molar-refractivity contribution in [2.75, 3.05) is 7.05 Å². The molecule has 1 aliphatic carbocycles. The molecule has 3 nitrogen and oxygen atoms in total. The molecule has 0 spiro atoms. The predicted octanol–water partition coefficient (Wildman–Crippen LogP) is 2.71. The second kappa shape index (κ2) is 5.75. The number of hydrogen-bond acceptors (Lipinski definition) is 3. The van der Waals surface area contributed by atoms with E-state index in [1.165, 1.54) is 5.56 Å². The maximum atomic E-state index is 10.4. The minimum Gasteiger partial charge on any atom is -0.387 e. The highest BCUT2D eigenvalue weighted by Crippen LogP contribution is 2.33. The Hall–Kier alpha value is -1.68. The van der Waals surface area contributed by atoms with Crippen molar-refractivity contribution in [1.29, 1.82) is 0 Å². The van der Waals surface area contributed by atoms with Gasteiger partial charge in [-0.3, -0.25) is 4.84 Å². The number of nitrogens with zero attached hydrogens (tertiary/aromatic N) is 1. The molecule has 0 saturated carbocycles. The first-order chi connectivity index (χ1) is 9.75. The Morgan fingerprint density at radius 2 is 1.80 bits per heavy atom. The summed E-state index contributed by atoms with van der Waals surface area (Å²) in [6.07, 6.45) is 0.342. The molecule has 2 atom stereocenters. The Morgan fingerprint density at radius 3 is 2.55 bits per heavy atom. The summed E-state index contributed by atoms with van der Waals surface area (Å²) in [6, 6.07) is 18.1. The van der Waals surface area contributed by atoms with Gasteiger partial charge in [0.1, 0.15) is 0 Å². The average Bonchev–Trinajstić information content (AvgIpc) is 2.84. The van der Waals surface area contributed by atoms with Crippen molar-refractivity contribution >= 4 is 0 Å². The zero-order valence-electron chi connectivity index (χ0n) is 11.6. The van der Waals surface area contributed by atoms with Gasteiger partial charge in [-0.1, -0.05) is 54.6 Å². The van der Waals surface area contributed by atoms with E-state index in [2.05, 4.69) is 6.07 Å². The van der Waals surface area contributed by atoms with Crippen molar-refractivity contribution in [3.05, 3.63) is 71.3 Å². The van der Waals surface area contributed by atoms with Gasteiger partial charge in [0.05, 0.1) is 18.8 Å². The Labute approximate surface area is 119 Å². The summed E-state index contributed by atoms with van der Waals surface area (Å²) >= 11 is 0. The first kappa shape index (κ1) is 13.3. The van der Waals surface area contributed by atoms with E-state index in [0.29, 0.717) is 6.61 Å². The highest BCUT2D eigenvalue weighted by Gasteiger charge is 2.33. The molecule has 104 valence electrons. The van der Waals surface area contributed by atoms with Crippen LogP contribution in [-0.2, 0) is 17.9 Å². The monoisotopic (exact) mass is 269 g/mol. The first-order valence-electron chi connectivity index (χ1n) is 6.91. The third kappa shape index (κ3) is 2.61. The van der Waals surface area contributed by atoms with E-state index in [1.54, 1.807) is 5.06 Å². The molecule has 1 N–H and O–H groups in total. The van der Waals surface area contributed by atoms with E-state index in [-0.39, 0.29) is 6.04 Å². The van der Waals surface area contributed by atoms with Crippen molar-refractivity contribution in [2.24, 2.45) is 0 Å². The highest BCUT2D eigenvalue weighted by atomic mass is 16.7. The number of aliphatic hydroxyl groups is 1. The zero-order valence-corrected chi connectivity index (χ0v) is 11.6. The molecule has 0 bridgehead atoms. The van der Waals surface area contributed by atoms with E-state index >= 15 is 0 Å². The molecular formula is C17H19NO2. The van der Waals surface area contributed by atoms with Gasteiger partial charge in [0.2, 0.25) is 0 Å². The Morgan fingerprint density at radius 1 is 1.10 bits per heavy atom. The van der Waals surface area contributed by atoms with Crippen LogP contribution in [0.3, 0.4) is 0 Å². The molecule has 20 heavy (non-hydrogen) atoms. The van der Waals surface area contributed by atoms with Crippen LogP contribution < -0.4 is 0 Å². The van der Waals surface area contributed by atoms with Crippen LogP contribution in [0.2, 0.25) is 0 Å². The van der Waals surface area contributed by atoms with Gasteiger partial charge >= 0.3 is 0 Å². The number of hydrogen-bond donors (Lipinski definition) is 1. The lowest BCUT2D eigenvalue weighted by Gasteiger charge is -2.26. The summed E-state index contributed by atoms with van der Waals surface area (Å²) < 4.78 is 0. The fraction of sp³-hybridized carbons (Fsp3) is 0.294. The molecule has 0 aromatic heterocycles. The van der Waals surface area contributed by atoms with Gasteiger partial charge in [-0.2, -0.15) is 5.06 Å². The van der Waals surface area contributed by atoms with Crippen molar-refractivity contribution < 1.29 is 9.94 Å². The molecule has 0 aliphatic heterocycles. The molecule has 0 fully saturated rings. The van der Waals surface area contributed by atoms with Crippen LogP contribution in [0.5, 0.6) is 0 Å². The molecular weight excluding hydrogens is 250 g/mol. The summed E-state index contributed by atoms with van der Waals surface area (Å²) in [5, 5.41) is 12.2. The van der Waals surface area contributed by atoms with Crippen LogP contribution in [0.15, 0.2) is 54.6 Å². The van der Waals surface area contributed by atoms with E-state index in [0.717, 1.165) is 17.5 Å².